The molecule has 2 saturated carbocycles. The van der Waals surface area contributed by atoms with Crippen LogP contribution in [0.25, 0.3) is 0 Å². The second kappa shape index (κ2) is 7.10. The lowest BCUT2D eigenvalue weighted by Gasteiger charge is -2.38. The van der Waals surface area contributed by atoms with Gasteiger partial charge in [0.2, 0.25) is 5.91 Å². The van der Waals surface area contributed by atoms with Crippen LogP contribution in [0.5, 0.6) is 0 Å². The fourth-order valence-corrected chi connectivity index (χ4v) is 4.37. The van der Waals surface area contributed by atoms with Gasteiger partial charge in [-0.05, 0) is 44.4 Å². The Balaban J connectivity index is 1.40. The van der Waals surface area contributed by atoms with Crippen LogP contribution in [0, 0.1) is 5.92 Å². The predicted octanol–water partition coefficient (Wildman–Crippen LogP) is 1.98. The van der Waals surface area contributed by atoms with E-state index in [2.05, 4.69) is 9.80 Å². The monoisotopic (exact) mass is 293 g/mol. The Morgan fingerprint density at radius 3 is 2.14 bits per heavy atom. The van der Waals surface area contributed by atoms with Gasteiger partial charge in [0.25, 0.3) is 0 Å². The van der Waals surface area contributed by atoms with Gasteiger partial charge in [-0.15, -0.1) is 0 Å². The molecular weight excluding hydrogens is 262 g/mol. The number of nitrogens with two attached hydrogens (primary N) is 1. The molecule has 2 N–H and O–H groups in total. The third-order valence-corrected chi connectivity index (χ3v) is 5.86. The van der Waals surface area contributed by atoms with Crippen LogP contribution in [-0.4, -0.2) is 54.0 Å². The zero-order valence-electron chi connectivity index (χ0n) is 13.3. The molecule has 0 atom stereocenters. The maximum Gasteiger partial charge on any atom is 0.222 e. The van der Waals surface area contributed by atoms with Gasteiger partial charge < -0.3 is 10.6 Å². The summed E-state index contributed by atoms with van der Waals surface area (Å²) in [5.74, 6) is 0.978. The van der Waals surface area contributed by atoms with Crippen LogP contribution in [0.4, 0.5) is 0 Å². The first-order chi connectivity index (χ1) is 10.2. The van der Waals surface area contributed by atoms with E-state index < -0.39 is 0 Å². The van der Waals surface area contributed by atoms with E-state index in [1.807, 2.05) is 0 Å². The molecule has 0 aromatic rings. The van der Waals surface area contributed by atoms with Crippen molar-refractivity contribution in [2.24, 2.45) is 11.7 Å². The zero-order chi connectivity index (χ0) is 14.7. The van der Waals surface area contributed by atoms with E-state index in [0.717, 1.165) is 64.3 Å². The lowest BCUT2D eigenvalue weighted by molar-refractivity contribution is -0.134. The normalized spacial score (nSPS) is 32.5. The fourth-order valence-electron chi connectivity index (χ4n) is 4.37. The summed E-state index contributed by atoms with van der Waals surface area (Å²) < 4.78 is 0. The SMILES string of the molecule is NC1CCC(CC(=O)N2CCN(C3CCCC3)CC2)CC1. The summed E-state index contributed by atoms with van der Waals surface area (Å²) >= 11 is 0. The topological polar surface area (TPSA) is 49.6 Å². The maximum atomic E-state index is 12.5. The van der Waals surface area contributed by atoms with Crippen molar-refractivity contribution in [2.75, 3.05) is 26.2 Å². The summed E-state index contributed by atoms with van der Waals surface area (Å²) in [4.78, 5) is 17.2. The van der Waals surface area contributed by atoms with Crippen molar-refractivity contribution < 1.29 is 4.79 Å². The van der Waals surface area contributed by atoms with Gasteiger partial charge in [0.1, 0.15) is 0 Å². The van der Waals surface area contributed by atoms with Crippen molar-refractivity contribution in [3.05, 3.63) is 0 Å². The molecule has 1 amide bonds. The second-order valence-electron chi connectivity index (χ2n) is 7.34. The van der Waals surface area contributed by atoms with E-state index in [4.69, 9.17) is 5.73 Å². The molecule has 0 aromatic heterocycles. The van der Waals surface area contributed by atoms with Gasteiger partial charge in [0, 0.05) is 44.7 Å². The Morgan fingerprint density at radius 2 is 1.52 bits per heavy atom. The maximum absolute atomic E-state index is 12.5. The minimum atomic E-state index is 0.381. The molecule has 1 saturated heterocycles. The Bertz CT molecular complexity index is 338. The van der Waals surface area contributed by atoms with Gasteiger partial charge >= 0.3 is 0 Å². The van der Waals surface area contributed by atoms with Gasteiger partial charge in [0.15, 0.2) is 0 Å². The molecule has 4 heteroatoms. The average Bonchev–Trinajstić information content (AvgIpc) is 3.04. The van der Waals surface area contributed by atoms with Gasteiger partial charge in [-0.3, -0.25) is 9.69 Å². The number of nitrogens with zero attached hydrogens (tertiary/aromatic N) is 2. The van der Waals surface area contributed by atoms with E-state index >= 15 is 0 Å². The molecule has 0 bridgehead atoms. The number of carbonyl (C=O) groups is 1. The molecule has 0 spiro atoms. The van der Waals surface area contributed by atoms with Crippen LogP contribution in [-0.2, 0) is 4.79 Å². The molecule has 3 rings (SSSR count). The van der Waals surface area contributed by atoms with Crippen molar-refractivity contribution >= 4 is 5.91 Å². The number of hydrogen-bond donors (Lipinski definition) is 1. The fraction of sp³-hybridized carbons (Fsp3) is 0.941. The van der Waals surface area contributed by atoms with E-state index in [9.17, 15) is 4.79 Å². The van der Waals surface area contributed by atoms with Crippen molar-refractivity contribution in [3.8, 4) is 0 Å². The molecule has 2 aliphatic carbocycles. The van der Waals surface area contributed by atoms with Crippen LogP contribution >= 0.6 is 0 Å². The van der Waals surface area contributed by atoms with Gasteiger partial charge in [-0.1, -0.05) is 12.8 Å². The molecule has 1 heterocycles. The molecule has 0 aromatic carbocycles. The van der Waals surface area contributed by atoms with E-state index in [1.54, 1.807) is 0 Å². The molecule has 21 heavy (non-hydrogen) atoms. The minimum absolute atomic E-state index is 0.381. The summed E-state index contributed by atoms with van der Waals surface area (Å²) in [6.07, 6.45) is 10.8. The molecular formula is C17H31N3O. The smallest absolute Gasteiger partial charge is 0.222 e. The molecule has 3 fully saturated rings. The van der Waals surface area contributed by atoms with E-state index in [-0.39, 0.29) is 0 Å². The molecule has 120 valence electrons. The third kappa shape index (κ3) is 3.98. The van der Waals surface area contributed by atoms with Crippen molar-refractivity contribution in [1.29, 1.82) is 0 Å². The Hall–Kier alpha value is -0.610. The standard InChI is InChI=1S/C17H31N3O/c18-15-7-5-14(6-8-15)13-17(21)20-11-9-19(10-12-20)16-3-1-2-4-16/h14-16H,1-13,18H2. The van der Waals surface area contributed by atoms with Crippen LogP contribution in [0.3, 0.4) is 0 Å². The lowest BCUT2D eigenvalue weighted by Crippen LogP contribution is -2.51. The van der Waals surface area contributed by atoms with Gasteiger partial charge in [-0.25, -0.2) is 0 Å². The van der Waals surface area contributed by atoms with Crippen molar-refractivity contribution in [3.63, 3.8) is 0 Å². The summed E-state index contributed by atoms with van der Waals surface area (Å²) in [6, 6.07) is 1.19. The minimum Gasteiger partial charge on any atom is -0.340 e. The highest BCUT2D eigenvalue weighted by Gasteiger charge is 2.29. The summed E-state index contributed by atoms with van der Waals surface area (Å²) in [7, 11) is 0. The molecule has 0 radical (unpaired) electrons. The number of hydrogen-bond acceptors (Lipinski definition) is 3. The largest absolute Gasteiger partial charge is 0.340 e. The summed E-state index contributed by atoms with van der Waals surface area (Å²) in [6.45, 7) is 4.07. The number of carbonyl (C=O) groups excluding carboxylic acids is 1. The second-order valence-corrected chi connectivity index (χ2v) is 7.34. The number of piperazine rings is 1. The molecule has 4 nitrogen and oxygen atoms in total. The molecule has 1 aliphatic heterocycles. The molecule has 3 aliphatic rings. The van der Waals surface area contributed by atoms with Crippen LogP contribution in [0.15, 0.2) is 0 Å². The first-order valence-electron chi connectivity index (χ1n) is 9.00. The predicted molar refractivity (Wildman–Crippen MR) is 85.0 cm³/mol. The third-order valence-electron chi connectivity index (χ3n) is 5.86. The number of rotatable bonds is 3. The number of amides is 1. The lowest BCUT2D eigenvalue weighted by atomic mass is 9.84. The highest BCUT2D eigenvalue weighted by atomic mass is 16.2. The average molecular weight is 293 g/mol. The van der Waals surface area contributed by atoms with E-state index in [1.165, 1.54) is 25.7 Å². The molecule has 0 unspecified atom stereocenters. The van der Waals surface area contributed by atoms with Crippen LogP contribution < -0.4 is 5.73 Å². The Labute approximate surface area is 129 Å². The first-order valence-corrected chi connectivity index (χ1v) is 9.00. The highest BCUT2D eigenvalue weighted by Crippen LogP contribution is 2.27. The van der Waals surface area contributed by atoms with Crippen LogP contribution in [0.2, 0.25) is 0 Å². The first kappa shape index (κ1) is 15.3. The zero-order valence-corrected chi connectivity index (χ0v) is 13.3. The Morgan fingerprint density at radius 1 is 0.905 bits per heavy atom. The van der Waals surface area contributed by atoms with Gasteiger partial charge in [-0.2, -0.15) is 0 Å². The summed E-state index contributed by atoms with van der Waals surface area (Å²) in [5, 5.41) is 0. The van der Waals surface area contributed by atoms with Crippen LogP contribution in [0.1, 0.15) is 57.8 Å². The Kier molecular flexibility index (Phi) is 5.17. The van der Waals surface area contributed by atoms with Gasteiger partial charge in [0.05, 0.1) is 0 Å². The van der Waals surface area contributed by atoms with Crippen molar-refractivity contribution in [2.45, 2.75) is 69.9 Å². The summed E-state index contributed by atoms with van der Waals surface area (Å²) in [5.41, 5.74) is 5.94. The van der Waals surface area contributed by atoms with E-state index in [0.29, 0.717) is 17.9 Å². The quantitative estimate of drug-likeness (QED) is 0.865. The highest BCUT2D eigenvalue weighted by molar-refractivity contribution is 5.76. The van der Waals surface area contributed by atoms with Crippen molar-refractivity contribution in [1.82, 2.24) is 9.80 Å².